The Hall–Kier alpha value is -2.12. The van der Waals surface area contributed by atoms with Crippen molar-refractivity contribution in [1.29, 1.82) is 0 Å². The lowest BCUT2D eigenvalue weighted by molar-refractivity contribution is -0.118. The van der Waals surface area contributed by atoms with E-state index in [0.717, 1.165) is 5.56 Å². The van der Waals surface area contributed by atoms with Crippen LogP contribution in [0.25, 0.3) is 0 Å². The van der Waals surface area contributed by atoms with E-state index in [9.17, 15) is 9.59 Å². The van der Waals surface area contributed by atoms with Crippen LogP contribution in [0.2, 0.25) is 5.02 Å². The Morgan fingerprint density at radius 3 is 2.78 bits per heavy atom. The Balaban J connectivity index is 1.89. The van der Waals surface area contributed by atoms with Gasteiger partial charge in [-0.05, 0) is 31.2 Å². The first-order chi connectivity index (χ1) is 13.0. The van der Waals surface area contributed by atoms with Crippen molar-refractivity contribution in [2.45, 2.75) is 31.3 Å². The lowest BCUT2D eigenvalue weighted by Crippen LogP contribution is -2.14. The van der Waals surface area contributed by atoms with Gasteiger partial charge in [0.2, 0.25) is 0 Å². The number of Topliss-reactive ketones (excluding diaryl/α,β-unsaturated/α-hetero) is 1. The molecule has 0 unspecified atom stereocenters. The quantitative estimate of drug-likeness (QED) is 0.275. The van der Waals surface area contributed by atoms with E-state index in [-0.39, 0.29) is 18.0 Å². The van der Waals surface area contributed by atoms with Gasteiger partial charge in [0.25, 0.3) is 0 Å². The minimum atomic E-state index is -0.470. The van der Waals surface area contributed by atoms with E-state index in [1.165, 1.54) is 18.0 Å². The molecule has 0 atom stereocenters. The number of benzene rings is 1. The van der Waals surface area contributed by atoms with Crippen molar-refractivity contribution >= 4 is 40.9 Å². The second kappa shape index (κ2) is 10.9. The van der Waals surface area contributed by atoms with Crippen molar-refractivity contribution in [3.63, 3.8) is 0 Å². The van der Waals surface area contributed by atoms with E-state index in [1.54, 1.807) is 13.0 Å². The number of esters is 1. The minimum absolute atomic E-state index is 0.114. The predicted molar refractivity (Wildman–Crippen MR) is 108 cm³/mol. The summed E-state index contributed by atoms with van der Waals surface area (Å²) >= 11 is 7.47. The van der Waals surface area contributed by atoms with Gasteiger partial charge in [-0.3, -0.25) is 4.79 Å². The molecule has 0 bridgehead atoms. The first kappa shape index (κ1) is 21.2. The van der Waals surface area contributed by atoms with Crippen molar-refractivity contribution in [3.8, 4) is 0 Å². The molecule has 0 radical (unpaired) electrons. The van der Waals surface area contributed by atoms with Crippen molar-refractivity contribution in [1.82, 2.24) is 9.97 Å². The van der Waals surface area contributed by atoms with E-state index in [4.69, 9.17) is 16.3 Å². The topological polar surface area (TPSA) is 81.2 Å². The first-order valence-electron chi connectivity index (χ1n) is 8.62. The fourth-order valence-corrected chi connectivity index (χ4v) is 2.94. The number of carbonyl (C=O) groups is 2. The predicted octanol–water partition coefficient (Wildman–Crippen LogP) is 4.03. The largest absolute Gasteiger partial charge is 0.462 e. The lowest BCUT2D eigenvalue weighted by Gasteiger charge is -2.11. The molecule has 1 aromatic heterocycles. The highest BCUT2D eigenvalue weighted by molar-refractivity contribution is 7.98. The fraction of sp³-hybridized carbons (Fsp3) is 0.368. The maximum Gasteiger partial charge on any atom is 0.343 e. The molecule has 0 aliphatic rings. The number of aromatic nitrogens is 2. The summed E-state index contributed by atoms with van der Waals surface area (Å²) in [5.41, 5.74) is 1.12. The molecule has 6 nitrogen and oxygen atoms in total. The van der Waals surface area contributed by atoms with Crippen molar-refractivity contribution in [2.75, 3.05) is 24.7 Å². The van der Waals surface area contributed by atoms with Gasteiger partial charge in [-0.25, -0.2) is 14.8 Å². The van der Waals surface area contributed by atoms with Crippen LogP contribution in [0.4, 0.5) is 5.82 Å². The number of halogens is 1. The van der Waals surface area contributed by atoms with Crippen LogP contribution in [0.1, 0.15) is 35.7 Å². The molecule has 1 N–H and O–H groups in total. The van der Waals surface area contributed by atoms with Gasteiger partial charge in [0, 0.05) is 30.6 Å². The van der Waals surface area contributed by atoms with Crippen LogP contribution in [-0.2, 0) is 16.0 Å². The molecule has 2 aromatic rings. The first-order valence-corrected chi connectivity index (χ1v) is 10.2. The van der Waals surface area contributed by atoms with Gasteiger partial charge in [0.15, 0.2) is 5.16 Å². The van der Waals surface area contributed by atoms with E-state index >= 15 is 0 Å². The SMILES string of the molecule is CCOC(=O)c1cnc(SC)nc1NCCCC(=O)Cc1ccccc1Cl. The van der Waals surface area contributed by atoms with E-state index < -0.39 is 5.97 Å². The average Bonchev–Trinajstić information content (AvgIpc) is 2.67. The van der Waals surface area contributed by atoms with Gasteiger partial charge < -0.3 is 10.1 Å². The summed E-state index contributed by atoms with van der Waals surface area (Å²) in [6.07, 6.45) is 4.66. The van der Waals surface area contributed by atoms with Crippen LogP contribution >= 0.6 is 23.4 Å². The third-order valence-corrected chi connectivity index (χ3v) is 4.65. The smallest absolute Gasteiger partial charge is 0.343 e. The molecule has 0 aliphatic heterocycles. The number of rotatable bonds is 10. The highest BCUT2D eigenvalue weighted by atomic mass is 35.5. The minimum Gasteiger partial charge on any atom is -0.462 e. The number of hydrogen-bond acceptors (Lipinski definition) is 7. The third kappa shape index (κ3) is 6.52. The highest BCUT2D eigenvalue weighted by Crippen LogP contribution is 2.18. The number of nitrogens with zero attached hydrogens (tertiary/aromatic N) is 2. The summed E-state index contributed by atoms with van der Waals surface area (Å²) in [7, 11) is 0. The van der Waals surface area contributed by atoms with Gasteiger partial charge in [-0.2, -0.15) is 0 Å². The number of ketones is 1. The average molecular weight is 408 g/mol. The Kier molecular flexibility index (Phi) is 8.54. The van der Waals surface area contributed by atoms with Crippen LogP contribution in [0.15, 0.2) is 35.6 Å². The van der Waals surface area contributed by atoms with E-state index in [0.29, 0.717) is 41.8 Å². The molecule has 0 amide bonds. The van der Waals surface area contributed by atoms with Crippen LogP contribution in [0.5, 0.6) is 0 Å². The van der Waals surface area contributed by atoms with Gasteiger partial charge in [0.1, 0.15) is 17.2 Å². The van der Waals surface area contributed by atoms with Crippen molar-refractivity contribution < 1.29 is 14.3 Å². The maximum atomic E-state index is 12.1. The molecule has 1 heterocycles. The molecular formula is C19H22ClN3O3S. The van der Waals surface area contributed by atoms with E-state index in [2.05, 4.69) is 15.3 Å². The van der Waals surface area contributed by atoms with Crippen LogP contribution in [0.3, 0.4) is 0 Å². The maximum absolute atomic E-state index is 12.1. The highest BCUT2D eigenvalue weighted by Gasteiger charge is 2.16. The molecule has 2 rings (SSSR count). The molecule has 27 heavy (non-hydrogen) atoms. The Bertz CT molecular complexity index is 802. The Morgan fingerprint density at radius 2 is 2.07 bits per heavy atom. The van der Waals surface area contributed by atoms with Crippen LogP contribution in [0, 0.1) is 0 Å². The van der Waals surface area contributed by atoms with Crippen molar-refractivity contribution in [3.05, 3.63) is 46.6 Å². The number of anilines is 1. The zero-order valence-corrected chi connectivity index (χ0v) is 16.9. The Labute approximate surface area is 168 Å². The van der Waals surface area contributed by atoms with Crippen LogP contribution < -0.4 is 5.32 Å². The second-order valence-electron chi connectivity index (χ2n) is 5.68. The second-order valence-corrected chi connectivity index (χ2v) is 6.86. The number of nitrogens with one attached hydrogen (secondary N) is 1. The molecule has 8 heteroatoms. The van der Waals surface area contributed by atoms with Gasteiger partial charge in [-0.1, -0.05) is 41.6 Å². The zero-order chi connectivity index (χ0) is 19.6. The Morgan fingerprint density at radius 1 is 1.30 bits per heavy atom. The van der Waals surface area contributed by atoms with E-state index in [1.807, 2.05) is 24.5 Å². The molecule has 0 spiro atoms. The standard InChI is InChI=1S/C19H22ClN3O3S/c1-3-26-18(25)15-12-22-19(27-2)23-17(15)21-10-6-8-14(24)11-13-7-4-5-9-16(13)20/h4-5,7,9,12H,3,6,8,10-11H2,1-2H3,(H,21,22,23). The molecule has 0 saturated carbocycles. The molecule has 0 fully saturated rings. The summed E-state index contributed by atoms with van der Waals surface area (Å²) < 4.78 is 5.03. The summed E-state index contributed by atoms with van der Waals surface area (Å²) in [5.74, 6) is 0.0665. The summed E-state index contributed by atoms with van der Waals surface area (Å²) in [6.45, 7) is 2.53. The lowest BCUT2D eigenvalue weighted by atomic mass is 10.1. The van der Waals surface area contributed by atoms with Gasteiger partial charge in [0.05, 0.1) is 6.61 Å². The monoisotopic (exact) mass is 407 g/mol. The number of carbonyl (C=O) groups excluding carboxylic acids is 2. The summed E-state index contributed by atoms with van der Waals surface area (Å²) in [4.78, 5) is 32.6. The molecular weight excluding hydrogens is 386 g/mol. The zero-order valence-electron chi connectivity index (χ0n) is 15.3. The summed E-state index contributed by atoms with van der Waals surface area (Å²) in [5, 5.41) is 4.28. The number of thioether (sulfide) groups is 1. The molecule has 1 aromatic carbocycles. The van der Waals surface area contributed by atoms with Crippen molar-refractivity contribution in [2.24, 2.45) is 0 Å². The number of ether oxygens (including phenoxy) is 1. The van der Waals surface area contributed by atoms with Gasteiger partial charge >= 0.3 is 5.97 Å². The van der Waals surface area contributed by atoms with Gasteiger partial charge in [-0.15, -0.1) is 0 Å². The molecule has 0 aliphatic carbocycles. The summed E-state index contributed by atoms with van der Waals surface area (Å²) in [6, 6.07) is 7.34. The third-order valence-electron chi connectivity index (χ3n) is 3.71. The molecule has 144 valence electrons. The molecule has 0 saturated heterocycles. The normalized spacial score (nSPS) is 10.5. The fourth-order valence-electron chi connectivity index (χ4n) is 2.39. The number of hydrogen-bond donors (Lipinski definition) is 1. The van der Waals surface area contributed by atoms with Crippen LogP contribution in [-0.4, -0.2) is 41.1 Å².